The molecule has 0 aromatic carbocycles. The average Bonchev–Trinajstić information content (AvgIpc) is 2.92. The topological polar surface area (TPSA) is 132 Å². The van der Waals surface area contributed by atoms with Gasteiger partial charge in [-0.05, 0) is 16.5 Å². The number of rotatable bonds is 2. The molecule has 0 aliphatic heterocycles. The van der Waals surface area contributed by atoms with Crippen molar-refractivity contribution in [2.45, 2.75) is 0 Å². The summed E-state index contributed by atoms with van der Waals surface area (Å²) in [6.45, 7) is 0. The Hall–Kier alpha value is -3.17. The molecule has 0 aliphatic carbocycles. The number of nitrogens with one attached hydrogen (secondary N) is 1. The maximum Gasteiger partial charge on any atom is 0.312 e. The highest BCUT2D eigenvalue weighted by atomic mass is 16.6. The Kier molecular flexibility index (Phi) is 2.27. The van der Waals surface area contributed by atoms with Gasteiger partial charge in [0, 0.05) is 18.5 Å². The summed E-state index contributed by atoms with van der Waals surface area (Å²) >= 11 is 0. The van der Waals surface area contributed by atoms with Crippen LogP contribution < -0.4 is 5.56 Å². The summed E-state index contributed by atoms with van der Waals surface area (Å²) in [6, 6.07) is 2.67. The minimum absolute atomic E-state index is 0.0336. The Morgan fingerprint density at radius 3 is 2.95 bits per heavy atom. The van der Waals surface area contributed by atoms with Crippen molar-refractivity contribution < 1.29 is 4.92 Å². The molecule has 0 amide bonds. The minimum atomic E-state index is -0.600. The lowest BCUT2D eigenvalue weighted by atomic mass is 10.3. The van der Waals surface area contributed by atoms with E-state index >= 15 is 0 Å². The summed E-state index contributed by atoms with van der Waals surface area (Å²) in [4.78, 5) is 26.4. The Balaban J connectivity index is 2.36. The Bertz CT molecular complexity index is 823. The van der Waals surface area contributed by atoms with Gasteiger partial charge in [-0.15, -0.1) is 5.10 Å². The van der Waals surface area contributed by atoms with Crippen molar-refractivity contribution in [1.29, 1.82) is 0 Å². The van der Waals surface area contributed by atoms with Crippen LogP contribution in [-0.2, 0) is 0 Å². The zero-order valence-electron chi connectivity index (χ0n) is 9.22. The lowest BCUT2D eigenvalue weighted by Gasteiger charge is -2.01. The van der Waals surface area contributed by atoms with E-state index in [0.29, 0.717) is 0 Å². The fraction of sp³-hybridized carbons (Fsp3) is 0. The van der Waals surface area contributed by atoms with E-state index < -0.39 is 10.5 Å². The van der Waals surface area contributed by atoms with Crippen LogP contribution in [0.1, 0.15) is 0 Å². The summed E-state index contributed by atoms with van der Waals surface area (Å²) in [5, 5.41) is 23.6. The smallest absolute Gasteiger partial charge is 0.268 e. The molecule has 3 heterocycles. The molecule has 19 heavy (non-hydrogen) atoms. The highest BCUT2D eigenvalue weighted by molar-refractivity contribution is 5.62. The molecule has 0 saturated heterocycles. The molecule has 0 bridgehead atoms. The first-order chi connectivity index (χ1) is 9.18. The van der Waals surface area contributed by atoms with Gasteiger partial charge in [-0.3, -0.25) is 19.3 Å². The van der Waals surface area contributed by atoms with E-state index in [0.717, 1.165) is 4.40 Å². The maximum absolute atomic E-state index is 12.2. The molecule has 0 unspecified atom stereocenters. The number of aromatic nitrogens is 6. The molecule has 0 spiro atoms. The van der Waals surface area contributed by atoms with Crippen molar-refractivity contribution in [2.24, 2.45) is 0 Å². The zero-order chi connectivity index (χ0) is 13.4. The number of aromatic amines is 1. The summed E-state index contributed by atoms with van der Waals surface area (Å²) in [7, 11) is 0. The molecule has 10 heteroatoms. The van der Waals surface area contributed by atoms with Crippen LogP contribution in [0.2, 0.25) is 0 Å². The monoisotopic (exact) mass is 259 g/mol. The van der Waals surface area contributed by atoms with Gasteiger partial charge in [-0.25, -0.2) is 10.1 Å². The van der Waals surface area contributed by atoms with E-state index in [4.69, 9.17) is 0 Å². The van der Waals surface area contributed by atoms with Gasteiger partial charge >= 0.3 is 5.69 Å². The molecule has 0 saturated carbocycles. The van der Waals surface area contributed by atoms with Gasteiger partial charge in [-0.2, -0.15) is 0 Å². The lowest BCUT2D eigenvalue weighted by Crippen LogP contribution is -2.17. The van der Waals surface area contributed by atoms with Crippen molar-refractivity contribution >= 4 is 11.3 Å². The molecule has 94 valence electrons. The van der Waals surface area contributed by atoms with E-state index in [1.807, 2.05) is 0 Å². The second-order valence-corrected chi connectivity index (χ2v) is 3.57. The summed E-state index contributed by atoms with van der Waals surface area (Å²) in [5.41, 5.74) is -0.647. The zero-order valence-corrected chi connectivity index (χ0v) is 9.22. The summed E-state index contributed by atoms with van der Waals surface area (Å²) < 4.78 is 1.08. The fourth-order valence-corrected chi connectivity index (χ4v) is 1.67. The molecule has 3 rings (SSSR count). The van der Waals surface area contributed by atoms with Crippen LogP contribution in [0.3, 0.4) is 0 Å². The summed E-state index contributed by atoms with van der Waals surface area (Å²) in [5.74, 6) is 0.151. The second kappa shape index (κ2) is 3.94. The number of H-pyrrole nitrogens is 1. The fourth-order valence-electron chi connectivity index (χ4n) is 1.67. The van der Waals surface area contributed by atoms with E-state index in [-0.39, 0.29) is 22.7 Å². The van der Waals surface area contributed by atoms with E-state index in [1.165, 1.54) is 24.5 Å². The normalized spacial score (nSPS) is 10.7. The van der Waals surface area contributed by atoms with Crippen molar-refractivity contribution in [3.8, 4) is 11.4 Å². The first-order valence-corrected chi connectivity index (χ1v) is 5.07. The number of nitro groups is 1. The van der Waals surface area contributed by atoms with Crippen LogP contribution in [0, 0.1) is 10.1 Å². The molecule has 0 fully saturated rings. The molecule has 10 nitrogen and oxygen atoms in total. The van der Waals surface area contributed by atoms with Crippen LogP contribution in [0.15, 0.2) is 29.3 Å². The van der Waals surface area contributed by atoms with Crippen molar-refractivity contribution in [2.75, 3.05) is 0 Å². The highest BCUT2D eigenvalue weighted by Crippen LogP contribution is 2.16. The number of nitrogens with zero attached hydrogens (tertiary/aromatic N) is 6. The Morgan fingerprint density at radius 1 is 1.42 bits per heavy atom. The minimum Gasteiger partial charge on any atom is -0.268 e. The van der Waals surface area contributed by atoms with Gasteiger partial charge < -0.3 is 0 Å². The standard InChI is InChI=1S/C9H5N7O3/c17-9-5(7-11-13-14-12-7)4-10-8-6(16(18)19)2-1-3-15(8)9/h1-4H,(H,11,12,13,14). The van der Waals surface area contributed by atoms with Crippen LogP contribution >= 0.6 is 0 Å². The van der Waals surface area contributed by atoms with Gasteiger partial charge in [0.1, 0.15) is 5.56 Å². The highest BCUT2D eigenvalue weighted by Gasteiger charge is 2.17. The molecule has 3 aromatic heterocycles. The first-order valence-electron chi connectivity index (χ1n) is 5.07. The predicted molar refractivity (Wildman–Crippen MR) is 61.3 cm³/mol. The number of pyridine rings is 1. The third-order valence-electron chi connectivity index (χ3n) is 2.51. The maximum atomic E-state index is 12.2. The van der Waals surface area contributed by atoms with Gasteiger partial charge in [0.05, 0.1) is 4.92 Å². The van der Waals surface area contributed by atoms with E-state index in [1.54, 1.807) is 0 Å². The van der Waals surface area contributed by atoms with Gasteiger partial charge in [0.25, 0.3) is 5.56 Å². The van der Waals surface area contributed by atoms with Crippen LogP contribution in [0.5, 0.6) is 0 Å². The largest absolute Gasteiger partial charge is 0.312 e. The molecule has 3 aromatic rings. The number of hydrogen-bond donors (Lipinski definition) is 1. The third-order valence-corrected chi connectivity index (χ3v) is 2.51. The van der Waals surface area contributed by atoms with Crippen LogP contribution in [0.25, 0.3) is 17.0 Å². The number of tetrazole rings is 1. The lowest BCUT2D eigenvalue weighted by molar-refractivity contribution is -0.383. The predicted octanol–water partition coefficient (Wildman–Crippen LogP) is -0.217. The first kappa shape index (κ1) is 11.0. The Labute approximate surface area is 103 Å². The summed E-state index contributed by atoms with van der Waals surface area (Å²) in [6.07, 6.45) is 2.60. The second-order valence-electron chi connectivity index (χ2n) is 3.57. The molecule has 0 aliphatic rings. The molecule has 1 N–H and O–H groups in total. The van der Waals surface area contributed by atoms with Crippen LogP contribution in [-0.4, -0.2) is 34.9 Å². The van der Waals surface area contributed by atoms with E-state index in [2.05, 4.69) is 25.6 Å². The average molecular weight is 259 g/mol. The molecule has 0 radical (unpaired) electrons. The third kappa shape index (κ3) is 1.62. The quantitative estimate of drug-likeness (QED) is 0.497. The van der Waals surface area contributed by atoms with Gasteiger partial charge in [0.2, 0.25) is 5.65 Å². The van der Waals surface area contributed by atoms with Crippen molar-refractivity contribution in [3.05, 3.63) is 45.0 Å². The number of hydrogen-bond acceptors (Lipinski definition) is 7. The van der Waals surface area contributed by atoms with E-state index in [9.17, 15) is 14.9 Å². The van der Waals surface area contributed by atoms with Crippen LogP contribution in [0.4, 0.5) is 5.69 Å². The molecular weight excluding hydrogens is 254 g/mol. The van der Waals surface area contributed by atoms with Crippen molar-refractivity contribution in [3.63, 3.8) is 0 Å². The van der Waals surface area contributed by atoms with Crippen molar-refractivity contribution in [1.82, 2.24) is 30.0 Å². The number of fused-ring (bicyclic) bond motifs is 1. The Morgan fingerprint density at radius 2 is 2.26 bits per heavy atom. The SMILES string of the molecule is O=c1c(-c2nnn[nH]2)cnc2c([N+](=O)[O-])cccn12. The molecule has 0 atom stereocenters. The van der Waals surface area contributed by atoms with Gasteiger partial charge in [-0.1, -0.05) is 0 Å². The van der Waals surface area contributed by atoms with Gasteiger partial charge in [0.15, 0.2) is 5.82 Å². The molecular formula is C9H5N7O3.